The van der Waals surface area contributed by atoms with E-state index in [9.17, 15) is 4.79 Å². The van der Waals surface area contributed by atoms with Crippen molar-refractivity contribution in [3.05, 3.63) is 58.6 Å². The van der Waals surface area contributed by atoms with Crippen molar-refractivity contribution in [3.8, 4) is 11.5 Å². The Hall–Kier alpha value is -2.20. The molecule has 0 aliphatic rings. The highest BCUT2D eigenvalue weighted by Crippen LogP contribution is 2.23. The highest BCUT2D eigenvalue weighted by Gasteiger charge is 2.10. The van der Waals surface area contributed by atoms with Crippen LogP contribution in [0, 0.1) is 0 Å². The molecule has 2 aromatic rings. The fourth-order valence-electron chi connectivity index (χ4n) is 2.01. The molecule has 0 aromatic heterocycles. The van der Waals surface area contributed by atoms with Gasteiger partial charge in [-0.1, -0.05) is 17.7 Å². The maximum absolute atomic E-state index is 11.9. The van der Waals surface area contributed by atoms with Gasteiger partial charge in [-0.2, -0.15) is 0 Å². The van der Waals surface area contributed by atoms with Gasteiger partial charge in [0.2, 0.25) is 0 Å². The van der Waals surface area contributed by atoms with Crippen LogP contribution in [0.5, 0.6) is 11.5 Å². The molecule has 0 fully saturated rings. The number of hydrogen-bond acceptors (Lipinski definition) is 3. The SMILES string of the molecule is CCNC(=O)c1ccc(OC)c(COc2cccc(Cl)c2)c1. The minimum atomic E-state index is -0.117. The maximum atomic E-state index is 11.9. The number of ether oxygens (including phenoxy) is 2. The Morgan fingerprint density at radius 2 is 2.05 bits per heavy atom. The molecular formula is C17H18ClNO3. The van der Waals surface area contributed by atoms with Gasteiger partial charge in [-0.15, -0.1) is 0 Å². The van der Waals surface area contributed by atoms with Gasteiger partial charge in [0, 0.05) is 22.7 Å². The van der Waals surface area contributed by atoms with Gasteiger partial charge in [-0.3, -0.25) is 4.79 Å². The summed E-state index contributed by atoms with van der Waals surface area (Å²) in [6.45, 7) is 2.75. The molecule has 116 valence electrons. The largest absolute Gasteiger partial charge is 0.496 e. The first-order valence-corrected chi connectivity index (χ1v) is 7.35. The minimum absolute atomic E-state index is 0.117. The van der Waals surface area contributed by atoms with Crippen molar-refractivity contribution in [2.45, 2.75) is 13.5 Å². The second kappa shape index (κ2) is 7.71. The van der Waals surface area contributed by atoms with Crippen LogP contribution in [-0.4, -0.2) is 19.6 Å². The lowest BCUT2D eigenvalue weighted by Gasteiger charge is -2.12. The number of carbonyl (C=O) groups excluding carboxylic acids is 1. The summed E-state index contributed by atoms with van der Waals surface area (Å²) in [6.07, 6.45) is 0. The molecule has 2 aromatic carbocycles. The Morgan fingerprint density at radius 3 is 2.73 bits per heavy atom. The molecule has 0 bridgehead atoms. The minimum Gasteiger partial charge on any atom is -0.496 e. The molecule has 0 saturated carbocycles. The topological polar surface area (TPSA) is 47.6 Å². The standard InChI is InChI=1S/C17H18ClNO3/c1-3-19-17(20)12-7-8-16(21-2)13(9-12)11-22-15-6-4-5-14(18)10-15/h4-10H,3,11H2,1-2H3,(H,19,20). The van der Waals surface area contributed by atoms with E-state index in [1.54, 1.807) is 37.4 Å². The normalized spacial score (nSPS) is 10.1. The Bertz CT molecular complexity index is 658. The van der Waals surface area contributed by atoms with Crippen molar-refractivity contribution in [1.29, 1.82) is 0 Å². The molecule has 1 N–H and O–H groups in total. The van der Waals surface area contributed by atoms with Crippen LogP contribution in [0.25, 0.3) is 0 Å². The first kappa shape index (κ1) is 16.2. The lowest BCUT2D eigenvalue weighted by atomic mass is 10.1. The monoisotopic (exact) mass is 319 g/mol. The molecule has 0 atom stereocenters. The van der Waals surface area contributed by atoms with Gasteiger partial charge in [0.15, 0.2) is 0 Å². The average molecular weight is 320 g/mol. The van der Waals surface area contributed by atoms with Crippen molar-refractivity contribution in [2.24, 2.45) is 0 Å². The lowest BCUT2D eigenvalue weighted by Crippen LogP contribution is -2.22. The van der Waals surface area contributed by atoms with Crippen LogP contribution in [0.3, 0.4) is 0 Å². The van der Waals surface area contributed by atoms with Crippen molar-refractivity contribution < 1.29 is 14.3 Å². The van der Waals surface area contributed by atoms with Crippen LogP contribution in [-0.2, 0) is 6.61 Å². The second-order valence-corrected chi connectivity index (χ2v) is 5.07. The number of benzene rings is 2. The molecule has 0 radical (unpaired) electrons. The number of methoxy groups -OCH3 is 1. The van der Waals surface area contributed by atoms with E-state index >= 15 is 0 Å². The molecule has 22 heavy (non-hydrogen) atoms. The fourth-order valence-corrected chi connectivity index (χ4v) is 2.19. The summed E-state index contributed by atoms with van der Waals surface area (Å²) < 4.78 is 11.0. The van der Waals surface area contributed by atoms with Crippen molar-refractivity contribution in [3.63, 3.8) is 0 Å². The van der Waals surface area contributed by atoms with Gasteiger partial charge in [0.25, 0.3) is 5.91 Å². The lowest BCUT2D eigenvalue weighted by molar-refractivity contribution is 0.0955. The zero-order chi connectivity index (χ0) is 15.9. The molecule has 1 amide bonds. The van der Waals surface area contributed by atoms with Crippen LogP contribution in [0.1, 0.15) is 22.8 Å². The molecule has 0 aliphatic heterocycles. The maximum Gasteiger partial charge on any atom is 0.251 e. The predicted octanol–water partition coefficient (Wildman–Crippen LogP) is 3.68. The van der Waals surface area contributed by atoms with E-state index < -0.39 is 0 Å². The second-order valence-electron chi connectivity index (χ2n) is 4.63. The smallest absolute Gasteiger partial charge is 0.251 e. The first-order chi connectivity index (χ1) is 10.6. The number of carbonyl (C=O) groups is 1. The van der Waals surface area contributed by atoms with Crippen molar-refractivity contribution >= 4 is 17.5 Å². The summed E-state index contributed by atoms with van der Waals surface area (Å²) in [5, 5.41) is 3.38. The predicted molar refractivity (Wildman–Crippen MR) is 86.8 cm³/mol. The van der Waals surface area contributed by atoms with E-state index in [0.29, 0.717) is 28.6 Å². The fraction of sp³-hybridized carbons (Fsp3) is 0.235. The van der Waals surface area contributed by atoms with Gasteiger partial charge >= 0.3 is 0 Å². The molecule has 2 rings (SSSR count). The Balaban J connectivity index is 2.17. The third-order valence-corrected chi connectivity index (χ3v) is 3.31. The Kier molecular flexibility index (Phi) is 5.67. The van der Waals surface area contributed by atoms with E-state index in [-0.39, 0.29) is 12.5 Å². The van der Waals surface area contributed by atoms with E-state index in [1.165, 1.54) is 0 Å². The van der Waals surface area contributed by atoms with Gasteiger partial charge in [-0.05, 0) is 43.3 Å². The van der Waals surface area contributed by atoms with Crippen LogP contribution in [0.15, 0.2) is 42.5 Å². The summed E-state index contributed by atoms with van der Waals surface area (Å²) >= 11 is 5.93. The first-order valence-electron chi connectivity index (χ1n) is 6.97. The van der Waals surface area contributed by atoms with E-state index in [2.05, 4.69) is 5.32 Å². The summed E-state index contributed by atoms with van der Waals surface area (Å²) in [5.74, 6) is 1.22. The third kappa shape index (κ3) is 4.15. The summed E-state index contributed by atoms with van der Waals surface area (Å²) in [7, 11) is 1.59. The number of halogens is 1. The van der Waals surface area contributed by atoms with E-state index in [1.807, 2.05) is 19.1 Å². The third-order valence-electron chi connectivity index (χ3n) is 3.07. The summed E-state index contributed by atoms with van der Waals surface area (Å²) in [4.78, 5) is 11.9. The van der Waals surface area contributed by atoms with Gasteiger partial charge in [0.05, 0.1) is 7.11 Å². The summed E-state index contributed by atoms with van der Waals surface area (Å²) in [6, 6.07) is 12.4. The Morgan fingerprint density at radius 1 is 1.23 bits per heavy atom. The van der Waals surface area contributed by atoms with Crippen LogP contribution in [0.4, 0.5) is 0 Å². The quantitative estimate of drug-likeness (QED) is 0.883. The molecule has 0 heterocycles. The van der Waals surface area contributed by atoms with E-state index in [4.69, 9.17) is 21.1 Å². The number of nitrogens with one attached hydrogen (secondary N) is 1. The van der Waals surface area contributed by atoms with Gasteiger partial charge in [-0.25, -0.2) is 0 Å². The average Bonchev–Trinajstić information content (AvgIpc) is 2.53. The van der Waals surface area contributed by atoms with Crippen molar-refractivity contribution in [1.82, 2.24) is 5.32 Å². The number of amides is 1. The van der Waals surface area contributed by atoms with Gasteiger partial charge < -0.3 is 14.8 Å². The van der Waals surface area contributed by atoms with Crippen LogP contribution >= 0.6 is 11.6 Å². The number of hydrogen-bond donors (Lipinski definition) is 1. The zero-order valence-corrected chi connectivity index (χ0v) is 13.3. The zero-order valence-electron chi connectivity index (χ0n) is 12.6. The van der Waals surface area contributed by atoms with Crippen molar-refractivity contribution in [2.75, 3.05) is 13.7 Å². The van der Waals surface area contributed by atoms with E-state index in [0.717, 1.165) is 5.56 Å². The molecular weight excluding hydrogens is 302 g/mol. The molecule has 4 nitrogen and oxygen atoms in total. The summed E-state index contributed by atoms with van der Waals surface area (Å²) in [5.41, 5.74) is 1.37. The van der Waals surface area contributed by atoms with Gasteiger partial charge in [0.1, 0.15) is 18.1 Å². The Labute approximate surface area is 135 Å². The molecule has 5 heteroatoms. The molecule has 0 spiro atoms. The highest BCUT2D eigenvalue weighted by atomic mass is 35.5. The highest BCUT2D eigenvalue weighted by molar-refractivity contribution is 6.30. The van der Waals surface area contributed by atoms with Crippen LogP contribution in [0.2, 0.25) is 5.02 Å². The van der Waals surface area contributed by atoms with Crippen LogP contribution < -0.4 is 14.8 Å². The molecule has 0 unspecified atom stereocenters. The molecule has 0 saturated heterocycles. The molecule has 0 aliphatic carbocycles. The number of rotatable bonds is 6.